The van der Waals surface area contributed by atoms with Crippen LogP contribution in [0.1, 0.15) is 44.6 Å². The van der Waals surface area contributed by atoms with Gasteiger partial charge < -0.3 is 24.0 Å². The molecule has 1 fully saturated rings. The van der Waals surface area contributed by atoms with E-state index in [-0.39, 0.29) is 31.0 Å². The normalized spacial score (nSPS) is 19.4. The summed E-state index contributed by atoms with van der Waals surface area (Å²) in [7, 11) is 1.61. The molecule has 4 aromatic carbocycles. The first-order chi connectivity index (χ1) is 22.0. The van der Waals surface area contributed by atoms with E-state index in [1.54, 1.807) is 30.2 Å². The largest absolute Gasteiger partial charge is 0.497 e. The molecule has 1 saturated heterocycles. The molecule has 0 radical (unpaired) electrons. The molecule has 0 saturated carbocycles. The second-order valence-electron chi connectivity index (χ2n) is 11.6. The molecule has 0 aliphatic carbocycles. The van der Waals surface area contributed by atoms with E-state index >= 15 is 0 Å². The zero-order valence-corrected chi connectivity index (χ0v) is 25.0. The molecule has 4 aromatic rings. The summed E-state index contributed by atoms with van der Waals surface area (Å²) in [6.07, 6.45) is 0. The monoisotopic (exact) mass is 607 g/mol. The third-order valence-corrected chi connectivity index (χ3v) is 8.96. The van der Waals surface area contributed by atoms with E-state index in [1.165, 1.54) is 12.1 Å². The van der Waals surface area contributed by atoms with Crippen LogP contribution in [-0.4, -0.2) is 66.6 Å². The van der Waals surface area contributed by atoms with E-state index in [0.29, 0.717) is 24.4 Å². The fourth-order valence-electron chi connectivity index (χ4n) is 6.61. The van der Waals surface area contributed by atoms with Crippen LogP contribution in [0.5, 0.6) is 17.2 Å². The summed E-state index contributed by atoms with van der Waals surface area (Å²) in [5, 5.41) is 0. The van der Waals surface area contributed by atoms with Crippen LogP contribution in [0.4, 0.5) is 4.39 Å². The first-order valence-corrected chi connectivity index (χ1v) is 15.2. The molecule has 3 aliphatic rings. The molecule has 0 unspecified atom stereocenters. The third-order valence-electron chi connectivity index (χ3n) is 8.96. The quantitative estimate of drug-likeness (QED) is 0.281. The standard InChI is InChI=1S/C36H34FN3O5/c1-43-28-13-9-26(10-14-28)34-33(29-4-2-3-5-30(29)35(41)40(34)22-24-6-11-27(37)12-7-24)36(42)39-18-16-38(17-19-39)21-25-8-15-31-32(20-25)45-23-44-31/h2-15,20,33-34H,16-19,21-23H2,1H3/t33-,34+/m0/s1. The number of ether oxygens (including phenoxy) is 3. The van der Waals surface area contributed by atoms with Gasteiger partial charge >= 0.3 is 0 Å². The number of amides is 2. The second-order valence-corrected chi connectivity index (χ2v) is 11.6. The van der Waals surface area contributed by atoms with E-state index in [0.717, 1.165) is 53.4 Å². The third kappa shape index (κ3) is 5.71. The van der Waals surface area contributed by atoms with Crippen LogP contribution in [0, 0.1) is 5.82 Å². The van der Waals surface area contributed by atoms with Crippen molar-refractivity contribution in [2.24, 2.45) is 0 Å². The summed E-state index contributed by atoms with van der Waals surface area (Å²) in [4.78, 5) is 34.8. The Kier molecular flexibility index (Phi) is 7.85. The lowest BCUT2D eigenvalue weighted by Crippen LogP contribution is -2.53. The number of benzene rings is 4. The van der Waals surface area contributed by atoms with E-state index in [4.69, 9.17) is 14.2 Å². The Morgan fingerprint density at radius 3 is 2.31 bits per heavy atom. The van der Waals surface area contributed by atoms with Gasteiger partial charge in [-0.2, -0.15) is 0 Å². The number of fused-ring (bicyclic) bond motifs is 2. The maximum atomic E-state index is 14.6. The highest BCUT2D eigenvalue weighted by molar-refractivity contribution is 6.01. The summed E-state index contributed by atoms with van der Waals surface area (Å²) in [6.45, 7) is 3.82. The van der Waals surface area contributed by atoms with Crippen molar-refractivity contribution >= 4 is 11.8 Å². The molecule has 8 nitrogen and oxygen atoms in total. The van der Waals surface area contributed by atoms with Gasteiger partial charge in [-0.1, -0.05) is 48.5 Å². The summed E-state index contributed by atoms with van der Waals surface area (Å²) in [5.74, 6) is 1.09. The lowest BCUT2D eigenvalue weighted by Gasteiger charge is -2.44. The van der Waals surface area contributed by atoms with E-state index < -0.39 is 12.0 Å². The molecule has 2 amide bonds. The molecule has 0 spiro atoms. The highest BCUT2D eigenvalue weighted by Gasteiger charge is 2.45. The lowest BCUT2D eigenvalue weighted by atomic mass is 9.78. The van der Waals surface area contributed by atoms with E-state index in [2.05, 4.69) is 11.0 Å². The highest BCUT2D eigenvalue weighted by atomic mass is 19.1. The van der Waals surface area contributed by atoms with Crippen LogP contribution in [0.15, 0.2) is 91.0 Å². The molecule has 9 heteroatoms. The van der Waals surface area contributed by atoms with Gasteiger partial charge in [-0.3, -0.25) is 14.5 Å². The Hall–Kier alpha value is -4.89. The van der Waals surface area contributed by atoms with Crippen LogP contribution in [0.25, 0.3) is 0 Å². The summed E-state index contributed by atoms with van der Waals surface area (Å²) in [6, 6.07) is 26.6. The number of carbonyl (C=O) groups excluding carboxylic acids is 2. The molecule has 0 aromatic heterocycles. The summed E-state index contributed by atoms with van der Waals surface area (Å²) < 4.78 is 30.2. The van der Waals surface area contributed by atoms with Crippen molar-refractivity contribution in [2.75, 3.05) is 40.1 Å². The molecule has 3 aliphatic heterocycles. The van der Waals surface area contributed by atoms with Crippen molar-refractivity contribution in [3.05, 3.63) is 125 Å². The second kappa shape index (κ2) is 12.2. The minimum absolute atomic E-state index is 0.0115. The number of rotatable bonds is 7. The average Bonchev–Trinajstić information content (AvgIpc) is 3.55. The number of piperazine rings is 1. The highest BCUT2D eigenvalue weighted by Crippen LogP contribution is 2.45. The summed E-state index contributed by atoms with van der Waals surface area (Å²) in [5.41, 5.74) is 4.00. The van der Waals surface area contributed by atoms with Gasteiger partial charge in [0, 0.05) is 44.8 Å². The van der Waals surface area contributed by atoms with Gasteiger partial charge in [0.15, 0.2) is 11.5 Å². The minimum Gasteiger partial charge on any atom is -0.497 e. The molecular formula is C36H34FN3O5. The van der Waals surface area contributed by atoms with Crippen molar-refractivity contribution in [1.82, 2.24) is 14.7 Å². The molecule has 45 heavy (non-hydrogen) atoms. The van der Waals surface area contributed by atoms with Crippen molar-refractivity contribution in [3.8, 4) is 17.2 Å². The number of halogens is 1. The molecule has 3 heterocycles. The Labute approximate surface area is 261 Å². The molecule has 0 bridgehead atoms. The van der Waals surface area contributed by atoms with Gasteiger partial charge in [0.05, 0.1) is 19.1 Å². The van der Waals surface area contributed by atoms with E-state index in [9.17, 15) is 14.0 Å². The van der Waals surface area contributed by atoms with Crippen molar-refractivity contribution in [3.63, 3.8) is 0 Å². The Morgan fingerprint density at radius 1 is 0.844 bits per heavy atom. The lowest BCUT2D eigenvalue weighted by molar-refractivity contribution is -0.136. The van der Waals surface area contributed by atoms with Crippen molar-refractivity contribution in [2.45, 2.75) is 25.0 Å². The van der Waals surface area contributed by atoms with Gasteiger partial charge in [0.2, 0.25) is 12.7 Å². The van der Waals surface area contributed by atoms with Crippen LogP contribution in [0.2, 0.25) is 0 Å². The first-order valence-electron chi connectivity index (χ1n) is 15.2. The van der Waals surface area contributed by atoms with Crippen LogP contribution < -0.4 is 14.2 Å². The van der Waals surface area contributed by atoms with Crippen LogP contribution in [0.3, 0.4) is 0 Å². The average molecular weight is 608 g/mol. The van der Waals surface area contributed by atoms with Gasteiger partial charge in [-0.25, -0.2) is 4.39 Å². The predicted molar refractivity (Wildman–Crippen MR) is 166 cm³/mol. The Morgan fingerprint density at radius 2 is 1.56 bits per heavy atom. The molecule has 230 valence electrons. The Bertz CT molecular complexity index is 1700. The number of hydrogen-bond donors (Lipinski definition) is 0. The SMILES string of the molecule is COc1ccc([C@@H]2[C@@H](C(=O)N3CCN(Cc4ccc5c(c4)OCO5)CC3)c3ccccc3C(=O)N2Cc2ccc(F)cc2)cc1. The molecular weight excluding hydrogens is 573 g/mol. The van der Waals surface area contributed by atoms with Crippen LogP contribution in [-0.2, 0) is 17.9 Å². The summed E-state index contributed by atoms with van der Waals surface area (Å²) >= 11 is 0. The maximum Gasteiger partial charge on any atom is 0.255 e. The van der Waals surface area contributed by atoms with Gasteiger partial charge in [-0.15, -0.1) is 0 Å². The first kappa shape index (κ1) is 28.9. The topological polar surface area (TPSA) is 71.5 Å². The maximum absolute atomic E-state index is 14.6. The smallest absolute Gasteiger partial charge is 0.255 e. The fourth-order valence-corrected chi connectivity index (χ4v) is 6.61. The molecule has 0 N–H and O–H groups in total. The van der Waals surface area contributed by atoms with Gasteiger partial charge in [-0.05, 0) is 64.7 Å². The van der Waals surface area contributed by atoms with Gasteiger partial charge in [0.1, 0.15) is 11.6 Å². The zero-order chi connectivity index (χ0) is 30.9. The minimum atomic E-state index is -0.617. The van der Waals surface area contributed by atoms with Crippen molar-refractivity contribution in [1.29, 1.82) is 0 Å². The fraction of sp³-hybridized carbons (Fsp3) is 0.278. The number of methoxy groups -OCH3 is 1. The number of nitrogens with zero attached hydrogens (tertiary/aromatic N) is 3. The van der Waals surface area contributed by atoms with Crippen LogP contribution >= 0.6 is 0 Å². The molecule has 2 atom stereocenters. The molecule has 7 rings (SSSR count). The number of hydrogen-bond acceptors (Lipinski definition) is 6. The van der Waals surface area contributed by atoms with Gasteiger partial charge in [0.25, 0.3) is 5.91 Å². The van der Waals surface area contributed by atoms with E-state index in [1.807, 2.05) is 59.5 Å². The zero-order valence-electron chi connectivity index (χ0n) is 25.0. The predicted octanol–water partition coefficient (Wildman–Crippen LogP) is 5.39. The number of carbonyl (C=O) groups is 2. The Balaban J connectivity index is 1.18. The van der Waals surface area contributed by atoms with Crippen molar-refractivity contribution < 1.29 is 28.2 Å².